The van der Waals surface area contributed by atoms with Crippen LogP contribution in [0, 0.1) is 0 Å². The zero-order valence-corrected chi connectivity index (χ0v) is 10.7. The Bertz CT molecular complexity index is 304. The largest absolute Gasteiger partial charge is 0.307 e. The fourth-order valence-electron chi connectivity index (χ4n) is 2.27. The van der Waals surface area contributed by atoms with Crippen LogP contribution in [-0.4, -0.2) is 6.04 Å². The van der Waals surface area contributed by atoms with E-state index in [9.17, 15) is 0 Å². The first-order valence-corrected chi connectivity index (χ1v) is 6.96. The number of halogens is 1. The molecule has 3 heteroatoms. The Labute approximate surface area is 101 Å². The minimum Gasteiger partial charge on any atom is -0.307 e. The average molecular weight is 244 g/mol. The first kappa shape index (κ1) is 11.4. The van der Waals surface area contributed by atoms with Crippen LogP contribution in [0.2, 0.25) is 4.34 Å². The monoisotopic (exact) mass is 243 g/mol. The Morgan fingerprint density at radius 2 is 2.07 bits per heavy atom. The molecule has 1 heterocycles. The molecule has 0 spiro atoms. The van der Waals surface area contributed by atoms with Crippen LogP contribution >= 0.6 is 22.9 Å². The molecule has 1 atom stereocenters. The van der Waals surface area contributed by atoms with Gasteiger partial charge in [0, 0.05) is 17.0 Å². The third-order valence-electron chi connectivity index (χ3n) is 3.11. The van der Waals surface area contributed by atoms with E-state index in [1.807, 2.05) is 6.07 Å². The summed E-state index contributed by atoms with van der Waals surface area (Å²) in [5.41, 5.74) is 0. The van der Waals surface area contributed by atoms with Crippen molar-refractivity contribution in [3.63, 3.8) is 0 Å². The number of rotatable bonds is 3. The summed E-state index contributed by atoms with van der Waals surface area (Å²) in [5.74, 6) is 0. The maximum atomic E-state index is 5.94. The molecule has 1 aromatic heterocycles. The molecular weight excluding hydrogens is 226 g/mol. The van der Waals surface area contributed by atoms with Crippen molar-refractivity contribution in [2.75, 3.05) is 0 Å². The van der Waals surface area contributed by atoms with E-state index in [2.05, 4.69) is 18.3 Å². The van der Waals surface area contributed by atoms with Gasteiger partial charge in [-0.1, -0.05) is 30.9 Å². The third kappa shape index (κ3) is 3.20. The molecule has 0 aliphatic heterocycles. The molecule has 0 amide bonds. The zero-order chi connectivity index (χ0) is 10.7. The van der Waals surface area contributed by atoms with Crippen LogP contribution < -0.4 is 5.32 Å². The van der Waals surface area contributed by atoms with E-state index in [1.165, 1.54) is 37.0 Å². The summed E-state index contributed by atoms with van der Waals surface area (Å²) in [6.07, 6.45) is 6.86. The molecule has 2 rings (SSSR count). The van der Waals surface area contributed by atoms with Gasteiger partial charge >= 0.3 is 0 Å². The molecule has 1 N–H and O–H groups in total. The van der Waals surface area contributed by atoms with Crippen LogP contribution in [0.1, 0.15) is 49.9 Å². The maximum absolute atomic E-state index is 5.94. The molecule has 0 unspecified atom stereocenters. The van der Waals surface area contributed by atoms with Crippen LogP contribution in [-0.2, 0) is 0 Å². The lowest BCUT2D eigenvalue weighted by atomic mass is 9.95. The van der Waals surface area contributed by atoms with Gasteiger partial charge in [0.05, 0.1) is 4.34 Å². The second kappa shape index (κ2) is 5.33. The van der Waals surface area contributed by atoms with Crippen LogP contribution in [0.4, 0.5) is 0 Å². The minimum atomic E-state index is 0.450. The van der Waals surface area contributed by atoms with E-state index in [-0.39, 0.29) is 0 Å². The highest BCUT2D eigenvalue weighted by atomic mass is 35.5. The minimum absolute atomic E-state index is 0.450. The average Bonchev–Trinajstić information content (AvgIpc) is 2.66. The van der Waals surface area contributed by atoms with Crippen molar-refractivity contribution in [3.05, 3.63) is 21.3 Å². The summed E-state index contributed by atoms with van der Waals surface area (Å²) < 4.78 is 0.891. The summed E-state index contributed by atoms with van der Waals surface area (Å²) in [6.45, 7) is 2.23. The lowest BCUT2D eigenvalue weighted by Gasteiger charge is -2.26. The second-order valence-corrected chi connectivity index (χ2v) is 6.11. The molecule has 1 fully saturated rings. The van der Waals surface area contributed by atoms with Crippen LogP contribution in [0.25, 0.3) is 0 Å². The Morgan fingerprint density at radius 1 is 1.33 bits per heavy atom. The van der Waals surface area contributed by atoms with Gasteiger partial charge in [-0.15, -0.1) is 11.3 Å². The molecule has 0 saturated heterocycles. The van der Waals surface area contributed by atoms with E-state index in [0.29, 0.717) is 6.04 Å². The molecule has 1 aromatic rings. The normalized spacial score (nSPS) is 20.4. The summed E-state index contributed by atoms with van der Waals surface area (Å²) in [4.78, 5) is 1.35. The Kier molecular flexibility index (Phi) is 4.06. The Hall–Kier alpha value is -0.0500. The van der Waals surface area contributed by atoms with E-state index in [0.717, 1.165) is 10.4 Å². The Morgan fingerprint density at radius 3 is 2.67 bits per heavy atom. The van der Waals surface area contributed by atoms with Gasteiger partial charge in [0.1, 0.15) is 0 Å². The van der Waals surface area contributed by atoms with E-state index >= 15 is 0 Å². The Balaban J connectivity index is 1.88. The van der Waals surface area contributed by atoms with Crippen molar-refractivity contribution in [1.29, 1.82) is 0 Å². The first-order valence-electron chi connectivity index (χ1n) is 5.77. The van der Waals surface area contributed by atoms with Crippen LogP contribution in [0.15, 0.2) is 12.1 Å². The van der Waals surface area contributed by atoms with Crippen molar-refractivity contribution in [3.8, 4) is 0 Å². The van der Waals surface area contributed by atoms with Gasteiger partial charge in [0.15, 0.2) is 0 Å². The van der Waals surface area contributed by atoms with Gasteiger partial charge in [-0.3, -0.25) is 0 Å². The van der Waals surface area contributed by atoms with Crippen LogP contribution in [0.5, 0.6) is 0 Å². The SMILES string of the molecule is C[C@H](NC1CCCCC1)c1ccc(Cl)s1. The lowest BCUT2D eigenvalue weighted by Crippen LogP contribution is -2.32. The zero-order valence-electron chi connectivity index (χ0n) is 9.13. The maximum Gasteiger partial charge on any atom is 0.0931 e. The fraction of sp³-hybridized carbons (Fsp3) is 0.667. The number of hydrogen-bond acceptors (Lipinski definition) is 2. The molecule has 1 nitrogen and oxygen atoms in total. The summed E-state index contributed by atoms with van der Waals surface area (Å²) in [7, 11) is 0. The summed E-state index contributed by atoms with van der Waals surface area (Å²) >= 11 is 7.63. The van der Waals surface area contributed by atoms with E-state index in [4.69, 9.17) is 11.6 Å². The topological polar surface area (TPSA) is 12.0 Å². The molecule has 0 radical (unpaired) electrons. The molecule has 1 aliphatic carbocycles. The molecule has 84 valence electrons. The van der Waals surface area contributed by atoms with Crippen molar-refractivity contribution < 1.29 is 0 Å². The van der Waals surface area contributed by atoms with Gasteiger partial charge in [-0.2, -0.15) is 0 Å². The second-order valence-electron chi connectivity index (χ2n) is 4.37. The molecule has 15 heavy (non-hydrogen) atoms. The van der Waals surface area contributed by atoms with Gasteiger partial charge in [-0.05, 0) is 31.9 Å². The van der Waals surface area contributed by atoms with Gasteiger partial charge in [0.25, 0.3) is 0 Å². The fourth-order valence-corrected chi connectivity index (χ4v) is 3.34. The van der Waals surface area contributed by atoms with Crippen molar-refractivity contribution in [2.45, 2.75) is 51.1 Å². The smallest absolute Gasteiger partial charge is 0.0931 e. The predicted octanol–water partition coefficient (Wildman–Crippen LogP) is 4.38. The molecule has 1 aliphatic rings. The standard InChI is InChI=1S/C12H18ClNS/c1-9(11-7-8-12(13)15-11)14-10-5-3-2-4-6-10/h7-10,14H,2-6H2,1H3/t9-/m0/s1. The lowest BCUT2D eigenvalue weighted by molar-refractivity contribution is 0.348. The van der Waals surface area contributed by atoms with Crippen molar-refractivity contribution >= 4 is 22.9 Å². The highest BCUT2D eigenvalue weighted by Gasteiger charge is 2.16. The van der Waals surface area contributed by atoms with Gasteiger partial charge in [-0.25, -0.2) is 0 Å². The number of hydrogen-bond donors (Lipinski definition) is 1. The molecule has 0 bridgehead atoms. The third-order valence-corrected chi connectivity index (χ3v) is 4.53. The number of thiophene rings is 1. The van der Waals surface area contributed by atoms with Crippen LogP contribution in [0.3, 0.4) is 0 Å². The molecule has 1 saturated carbocycles. The highest BCUT2D eigenvalue weighted by molar-refractivity contribution is 7.16. The van der Waals surface area contributed by atoms with Crippen molar-refractivity contribution in [1.82, 2.24) is 5.32 Å². The van der Waals surface area contributed by atoms with E-state index in [1.54, 1.807) is 11.3 Å². The first-order chi connectivity index (χ1) is 7.25. The van der Waals surface area contributed by atoms with E-state index < -0.39 is 0 Å². The molecular formula is C12H18ClNS. The van der Waals surface area contributed by atoms with Gasteiger partial charge < -0.3 is 5.32 Å². The number of nitrogens with one attached hydrogen (secondary N) is 1. The van der Waals surface area contributed by atoms with Gasteiger partial charge in [0.2, 0.25) is 0 Å². The summed E-state index contributed by atoms with van der Waals surface area (Å²) in [5, 5.41) is 3.70. The predicted molar refractivity (Wildman–Crippen MR) is 67.8 cm³/mol. The highest BCUT2D eigenvalue weighted by Crippen LogP contribution is 2.28. The molecule has 0 aromatic carbocycles. The summed E-state index contributed by atoms with van der Waals surface area (Å²) in [6, 6.07) is 5.29. The quantitative estimate of drug-likeness (QED) is 0.831. The van der Waals surface area contributed by atoms with Crippen molar-refractivity contribution in [2.24, 2.45) is 0 Å².